The van der Waals surface area contributed by atoms with Gasteiger partial charge in [0.1, 0.15) is 5.75 Å². The molecule has 1 heterocycles. The standard InChI is InChI=1S/C16H18BrClN2O4/c1-5-24-15(21)12-8(2)20(3)16(22)19-13(12)10-6-9(18)7-11(17)14(10)23-4/h6-7,13H,5H2,1-4H3,(H,19,22). The molecule has 0 aromatic heterocycles. The number of nitrogens with one attached hydrogen (secondary N) is 1. The topological polar surface area (TPSA) is 67.9 Å². The first-order valence-electron chi connectivity index (χ1n) is 7.26. The van der Waals surface area contributed by atoms with Gasteiger partial charge in [-0.3, -0.25) is 0 Å². The lowest BCUT2D eigenvalue weighted by atomic mass is 9.94. The number of halogens is 2. The summed E-state index contributed by atoms with van der Waals surface area (Å²) in [7, 11) is 3.10. The Morgan fingerprint density at radius 3 is 2.71 bits per heavy atom. The van der Waals surface area contributed by atoms with Gasteiger partial charge in [0.15, 0.2) is 0 Å². The van der Waals surface area contributed by atoms with Crippen LogP contribution in [0.3, 0.4) is 0 Å². The predicted octanol–water partition coefficient (Wildman–Crippen LogP) is 3.64. The Balaban J connectivity index is 2.66. The zero-order chi connectivity index (χ0) is 18.0. The number of rotatable bonds is 4. The molecule has 0 fully saturated rings. The van der Waals surface area contributed by atoms with Crippen molar-refractivity contribution in [1.82, 2.24) is 10.2 Å². The van der Waals surface area contributed by atoms with Crippen LogP contribution in [0, 0.1) is 0 Å². The van der Waals surface area contributed by atoms with Crippen LogP contribution in [0.15, 0.2) is 27.9 Å². The van der Waals surface area contributed by atoms with E-state index in [0.29, 0.717) is 32.1 Å². The number of urea groups is 1. The minimum absolute atomic E-state index is 0.233. The lowest BCUT2D eigenvalue weighted by molar-refractivity contribution is -0.139. The van der Waals surface area contributed by atoms with E-state index in [9.17, 15) is 9.59 Å². The number of benzene rings is 1. The lowest BCUT2D eigenvalue weighted by Gasteiger charge is -2.33. The SMILES string of the molecule is CCOC(=O)C1=C(C)N(C)C(=O)NC1c1cc(Cl)cc(Br)c1OC. The Morgan fingerprint density at radius 2 is 2.12 bits per heavy atom. The summed E-state index contributed by atoms with van der Waals surface area (Å²) < 4.78 is 11.2. The Morgan fingerprint density at radius 1 is 1.46 bits per heavy atom. The summed E-state index contributed by atoms with van der Waals surface area (Å²) in [6, 6.07) is 2.29. The molecule has 1 atom stereocenters. The van der Waals surface area contributed by atoms with Gasteiger partial charge in [0, 0.05) is 23.3 Å². The van der Waals surface area contributed by atoms with E-state index in [1.54, 1.807) is 33.0 Å². The van der Waals surface area contributed by atoms with Gasteiger partial charge < -0.3 is 19.7 Å². The summed E-state index contributed by atoms with van der Waals surface area (Å²) >= 11 is 9.54. The van der Waals surface area contributed by atoms with Crippen LogP contribution in [0.1, 0.15) is 25.5 Å². The van der Waals surface area contributed by atoms with E-state index in [1.165, 1.54) is 12.0 Å². The van der Waals surface area contributed by atoms with Crippen LogP contribution in [0.25, 0.3) is 0 Å². The van der Waals surface area contributed by atoms with Gasteiger partial charge in [0.2, 0.25) is 0 Å². The second kappa shape index (κ2) is 7.44. The molecule has 1 unspecified atom stereocenters. The second-order valence-electron chi connectivity index (χ2n) is 5.17. The molecule has 6 nitrogen and oxygen atoms in total. The molecule has 8 heteroatoms. The number of amides is 2. The molecule has 0 saturated heterocycles. The zero-order valence-electron chi connectivity index (χ0n) is 13.8. The first-order chi connectivity index (χ1) is 11.3. The van der Waals surface area contributed by atoms with Crippen LogP contribution in [0.4, 0.5) is 4.79 Å². The first kappa shape index (κ1) is 18.6. The molecule has 24 heavy (non-hydrogen) atoms. The van der Waals surface area contributed by atoms with E-state index >= 15 is 0 Å². The van der Waals surface area contributed by atoms with Gasteiger partial charge in [-0.1, -0.05) is 11.6 Å². The summed E-state index contributed by atoms with van der Waals surface area (Å²) in [6.07, 6.45) is 0. The monoisotopic (exact) mass is 416 g/mol. The Bertz CT molecular complexity index is 720. The smallest absolute Gasteiger partial charge is 0.338 e. The molecule has 2 rings (SSSR count). The van der Waals surface area contributed by atoms with Gasteiger partial charge in [-0.05, 0) is 41.9 Å². The van der Waals surface area contributed by atoms with Crippen LogP contribution in [0.2, 0.25) is 5.02 Å². The molecule has 130 valence electrons. The molecule has 0 spiro atoms. The van der Waals surface area contributed by atoms with Crippen LogP contribution in [-0.4, -0.2) is 37.7 Å². The molecule has 0 aliphatic carbocycles. The van der Waals surface area contributed by atoms with Crippen LogP contribution >= 0.6 is 27.5 Å². The highest BCUT2D eigenvalue weighted by molar-refractivity contribution is 9.10. The highest BCUT2D eigenvalue weighted by Crippen LogP contribution is 2.40. The van der Waals surface area contributed by atoms with Gasteiger partial charge >= 0.3 is 12.0 Å². The molecule has 1 aliphatic rings. The fourth-order valence-electron chi connectivity index (χ4n) is 2.55. The number of hydrogen-bond donors (Lipinski definition) is 1. The second-order valence-corrected chi connectivity index (χ2v) is 6.46. The number of allylic oxidation sites excluding steroid dienone is 1. The van der Waals surface area contributed by atoms with Crippen molar-refractivity contribution in [1.29, 1.82) is 0 Å². The van der Waals surface area contributed by atoms with Gasteiger partial charge in [0.05, 0.1) is 29.8 Å². The maximum atomic E-state index is 12.5. The van der Waals surface area contributed by atoms with E-state index in [4.69, 9.17) is 21.1 Å². The maximum absolute atomic E-state index is 12.5. The number of esters is 1. The maximum Gasteiger partial charge on any atom is 0.338 e. The predicted molar refractivity (Wildman–Crippen MR) is 94.1 cm³/mol. The van der Waals surface area contributed by atoms with Gasteiger partial charge in [-0.2, -0.15) is 0 Å². The van der Waals surface area contributed by atoms with Crippen molar-refractivity contribution in [2.45, 2.75) is 19.9 Å². The molecule has 0 bridgehead atoms. The molecule has 1 aliphatic heterocycles. The molecule has 1 N–H and O–H groups in total. The minimum Gasteiger partial charge on any atom is -0.495 e. The zero-order valence-corrected chi connectivity index (χ0v) is 16.1. The van der Waals surface area contributed by atoms with Crippen molar-refractivity contribution >= 4 is 39.5 Å². The molecular formula is C16H18BrClN2O4. The van der Waals surface area contributed by atoms with Gasteiger partial charge in [0.25, 0.3) is 0 Å². The van der Waals surface area contributed by atoms with Crippen molar-refractivity contribution in [3.8, 4) is 5.75 Å². The molecule has 0 saturated carbocycles. The van der Waals surface area contributed by atoms with Crippen molar-refractivity contribution in [2.75, 3.05) is 20.8 Å². The van der Waals surface area contributed by atoms with Crippen LogP contribution in [0.5, 0.6) is 5.75 Å². The van der Waals surface area contributed by atoms with E-state index in [0.717, 1.165) is 0 Å². The van der Waals surface area contributed by atoms with Crippen LogP contribution < -0.4 is 10.1 Å². The van der Waals surface area contributed by atoms with Gasteiger partial charge in [-0.25, -0.2) is 9.59 Å². The fraction of sp³-hybridized carbons (Fsp3) is 0.375. The number of hydrogen-bond acceptors (Lipinski definition) is 4. The summed E-state index contributed by atoms with van der Waals surface area (Å²) in [5.74, 6) is -0.00569. The third-order valence-corrected chi connectivity index (χ3v) is 4.61. The van der Waals surface area contributed by atoms with Crippen molar-refractivity contribution < 1.29 is 19.1 Å². The van der Waals surface area contributed by atoms with Gasteiger partial charge in [-0.15, -0.1) is 0 Å². The average molecular weight is 418 g/mol. The van der Waals surface area contributed by atoms with Crippen molar-refractivity contribution in [3.63, 3.8) is 0 Å². The summed E-state index contributed by atoms with van der Waals surface area (Å²) in [5, 5.41) is 3.25. The first-order valence-corrected chi connectivity index (χ1v) is 8.43. The summed E-state index contributed by atoms with van der Waals surface area (Å²) in [4.78, 5) is 26.1. The Hall–Kier alpha value is -1.73. The fourth-order valence-corrected chi connectivity index (χ4v) is 3.55. The minimum atomic E-state index is -0.724. The molecule has 1 aromatic carbocycles. The number of ether oxygens (including phenoxy) is 2. The normalized spacial score (nSPS) is 17.7. The highest BCUT2D eigenvalue weighted by atomic mass is 79.9. The third kappa shape index (κ3) is 3.37. The van der Waals surface area contributed by atoms with Crippen LogP contribution in [-0.2, 0) is 9.53 Å². The lowest BCUT2D eigenvalue weighted by Crippen LogP contribution is -2.46. The Kier molecular flexibility index (Phi) is 5.77. The highest BCUT2D eigenvalue weighted by Gasteiger charge is 2.36. The number of carbonyl (C=O) groups is 2. The molecule has 1 aromatic rings. The molecular weight excluding hydrogens is 400 g/mol. The van der Waals surface area contributed by atoms with E-state index in [2.05, 4.69) is 21.2 Å². The van der Waals surface area contributed by atoms with Crippen molar-refractivity contribution in [2.24, 2.45) is 0 Å². The summed E-state index contributed by atoms with van der Waals surface area (Å²) in [6.45, 7) is 3.66. The van der Waals surface area contributed by atoms with Crippen molar-refractivity contribution in [3.05, 3.63) is 38.5 Å². The molecule has 2 amide bonds. The van der Waals surface area contributed by atoms with E-state index in [1.807, 2.05) is 0 Å². The largest absolute Gasteiger partial charge is 0.495 e. The Labute approximate surface area is 153 Å². The van der Waals surface area contributed by atoms with E-state index < -0.39 is 12.0 Å². The third-order valence-electron chi connectivity index (χ3n) is 3.80. The molecule has 0 radical (unpaired) electrons. The quantitative estimate of drug-likeness (QED) is 0.760. The number of nitrogens with zero attached hydrogens (tertiary/aromatic N) is 1. The average Bonchev–Trinajstić information content (AvgIpc) is 2.51. The summed E-state index contributed by atoms with van der Waals surface area (Å²) in [5.41, 5.74) is 1.42. The number of methoxy groups -OCH3 is 1. The van der Waals surface area contributed by atoms with E-state index in [-0.39, 0.29) is 12.6 Å². The number of carbonyl (C=O) groups excluding carboxylic acids is 2.